The summed E-state index contributed by atoms with van der Waals surface area (Å²) in [6, 6.07) is 5.63. The van der Waals surface area contributed by atoms with E-state index < -0.39 is 17.4 Å². The monoisotopic (exact) mass is 334 g/mol. The van der Waals surface area contributed by atoms with Crippen molar-refractivity contribution in [3.8, 4) is 11.5 Å². The number of halogens is 2. The van der Waals surface area contributed by atoms with Gasteiger partial charge in [0.05, 0.1) is 4.90 Å². The standard InChI is InChI=1S/C17H12F2O3S/c1-17(2)21-12-6-4-9-14(20)8-3-5-11(18)13(19)10(8)7-23-16(9)15(12)22-17/h3-6H,7H2,1-2H3. The number of ether oxygens (including phenoxy) is 2. The molecule has 0 saturated carbocycles. The molecule has 0 N–H and O–H groups in total. The van der Waals surface area contributed by atoms with E-state index in [1.165, 1.54) is 17.8 Å². The Balaban J connectivity index is 1.89. The smallest absolute Gasteiger partial charge is 0.246 e. The minimum absolute atomic E-state index is 0.0862. The molecule has 0 bridgehead atoms. The zero-order valence-electron chi connectivity index (χ0n) is 12.4. The molecule has 118 valence electrons. The number of carbonyl (C=O) groups excluding carboxylic acids is 1. The maximum absolute atomic E-state index is 14.1. The summed E-state index contributed by atoms with van der Waals surface area (Å²) in [5, 5.41) is 0. The lowest BCUT2D eigenvalue weighted by molar-refractivity contribution is -0.0442. The summed E-state index contributed by atoms with van der Waals surface area (Å²) in [6.07, 6.45) is 0. The van der Waals surface area contributed by atoms with Gasteiger partial charge in [0.15, 0.2) is 28.9 Å². The third-order valence-corrected chi connectivity index (χ3v) is 4.95. The molecule has 6 heteroatoms. The zero-order chi connectivity index (χ0) is 16.4. The van der Waals surface area contributed by atoms with E-state index in [1.54, 1.807) is 26.0 Å². The van der Waals surface area contributed by atoms with Crippen LogP contribution in [0.25, 0.3) is 0 Å². The summed E-state index contributed by atoms with van der Waals surface area (Å²) < 4.78 is 39.0. The summed E-state index contributed by atoms with van der Waals surface area (Å²) in [6.45, 7) is 3.54. The van der Waals surface area contributed by atoms with Gasteiger partial charge in [0, 0.05) is 36.3 Å². The van der Waals surface area contributed by atoms with Crippen LogP contribution in [-0.4, -0.2) is 11.6 Å². The first kappa shape index (κ1) is 14.5. The molecule has 0 unspecified atom stereocenters. The van der Waals surface area contributed by atoms with Crippen molar-refractivity contribution in [2.45, 2.75) is 30.3 Å². The Morgan fingerprint density at radius 3 is 2.61 bits per heavy atom. The molecule has 2 aromatic carbocycles. The number of thioether (sulfide) groups is 1. The Morgan fingerprint density at radius 1 is 1.09 bits per heavy atom. The van der Waals surface area contributed by atoms with Crippen molar-refractivity contribution < 1.29 is 23.0 Å². The van der Waals surface area contributed by atoms with Gasteiger partial charge >= 0.3 is 0 Å². The van der Waals surface area contributed by atoms with Gasteiger partial charge in [-0.2, -0.15) is 0 Å². The lowest BCUT2D eigenvalue weighted by Crippen LogP contribution is -2.29. The van der Waals surface area contributed by atoms with Gasteiger partial charge in [-0.3, -0.25) is 4.79 Å². The first-order chi connectivity index (χ1) is 10.9. The maximum atomic E-state index is 14.1. The average Bonchev–Trinajstić information content (AvgIpc) is 2.73. The molecule has 3 nitrogen and oxygen atoms in total. The third kappa shape index (κ3) is 2.12. The molecule has 4 rings (SSSR count). The van der Waals surface area contributed by atoms with Crippen molar-refractivity contribution in [1.29, 1.82) is 0 Å². The number of benzene rings is 2. The number of hydrogen-bond acceptors (Lipinski definition) is 4. The Labute approximate surface area is 135 Å². The van der Waals surface area contributed by atoms with E-state index in [2.05, 4.69) is 0 Å². The van der Waals surface area contributed by atoms with E-state index in [4.69, 9.17) is 9.47 Å². The predicted molar refractivity (Wildman–Crippen MR) is 81.1 cm³/mol. The van der Waals surface area contributed by atoms with Crippen LogP contribution in [0, 0.1) is 11.6 Å². The Morgan fingerprint density at radius 2 is 1.83 bits per heavy atom. The fourth-order valence-corrected chi connectivity index (χ4v) is 3.97. The summed E-state index contributed by atoms with van der Waals surface area (Å²) in [5.74, 6) is -1.89. The van der Waals surface area contributed by atoms with Crippen molar-refractivity contribution >= 4 is 17.5 Å². The number of ketones is 1. The normalized spacial score (nSPS) is 17.5. The summed E-state index contributed by atoms with van der Waals surface area (Å²) in [5.41, 5.74) is 0.691. The first-order valence-corrected chi connectivity index (χ1v) is 8.05. The highest BCUT2D eigenvalue weighted by Crippen LogP contribution is 2.49. The van der Waals surface area contributed by atoms with Crippen LogP contribution in [-0.2, 0) is 5.75 Å². The number of hydrogen-bond donors (Lipinski definition) is 0. The van der Waals surface area contributed by atoms with Gasteiger partial charge in [0.2, 0.25) is 5.79 Å². The van der Waals surface area contributed by atoms with Gasteiger partial charge in [-0.1, -0.05) is 0 Å². The van der Waals surface area contributed by atoms with Crippen LogP contribution >= 0.6 is 11.8 Å². The Hall–Kier alpha value is -2.08. The van der Waals surface area contributed by atoms with Crippen LogP contribution in [0.15, 0.2) is 29.2 Å². The van der Waals surface area contributed by atoms with Gasteiger partial charge in [-0.05, 0) is 24.3 Å². The second kappa shape index (κ2) is 4.71. The quantitative estimate of drug-likeness (QED) is 0.719. The van der Waals surface area contributed by atoms with Crippen LogP contribution in [0.3, 0.4) is 0 Å². The third-order valence-electron chi connectivity index (χ3n) is 3.83. The minimum Gasteiger partial charge on any atom is -0.449 e. The molecule has 23 heavy (non-hydrogen) atoms. The van der Waals surface area contributed by atoms with Gasteiger partial charge in [0.1, 0.15) is 0 Å². The highest BCUT2D eigenvalue weighted by atomic mass is 32.2. The average molecular weight is 334 g/mol. The van der Waals surface area contributed by atoms with Crippen molar-refractivity contribution in [3.63, 3.8) is 0 Å². The van der Waals surface area contributed by atoms with E-state index in [0.717, 1.165) is 6.07 Å². The second-order valence-electron chi connectivity index (χ2n) is 5.88. The van der Waals surface area contributed by atoms with Gasteiger partial charge in [0.25, 0.3) is 0 Å². The highest BCUT2D eigenvalue weighted by Gasteiger charge is 2.37. The molecule has 2 aliphatic rings. The van der Waals surface area contributed by atoms with Crippen LogP contribution in [0.1, 0.15) is 35.3 Å². The van der Waals surface area contributed by atoms with Crippen molar-refractivity contribution in [1.82, 2.24) is 0 Å². The molecule has 0 atom stereocenters. The van der Waals surface area contributed by atoms with Gasteiger partial charge < -0.3 is 9.47 Å². The molecule has 0 saturated heterocycles. The van der Waals surface area contributed by atoms with Gasteiger partial charge in [-0.15, -0.1) is 11.8 Å². The van der Waals surface area contributed by atoms with E-state index in [-0.39, 0.29) is 22.7 Å². The molecular weight excluding hydrogens is 322 g/mol. The molecule has 0 fully saturated rings. The number of carbonyl (C=O) groups is 1. The summed E-state index contributed by atoms with van der Waals surface area (Å²) >= 11 is 1.25. The SMILES string of the molecule is CC1(C)Oc2ccc3c(c2O1)SCc1c(ccc(F)c1F)C3=O. The lowest BCUT2D eigenvalue weighted by atomic mass is 9.98. The maximum Gasteiger partial charge on any atom is 0.246 e. The zero-order valence-corrected chi connectivity index (χ0v) is 13.2. The molecule has 0 radical (unpaired) electrons. The second-order valence-corrected chi connectivity index (χ2v) is 6.86. The summed E-state index contributed by atoms with van der Waals surface area (Å²) in [4.78, 5) is 13.4. The minimum atomic E-state index is -0.967. The molecular formula is C17H12F2O3S. The van der Waals surface area contributed by atoms with Crippen LogP contribution < -0.4 is 9.47 Å². The largest absolute Gasteiger partial charge is 0.449 e. The predicted octanol–water partition coefficient (Wildman–Crippen LogP) is 4.31. The molecule has 2 aliphatic heterocycles. The van der Waals surface area contributed by atoms with E-state index >= 15 is 0 Å². The van der Waals surface area contributed by atoms with Gasteiger partial charge in [-0.25, -0.2) is 8.78 Å². The van der Waals surface area contributed by atoms with E-state index in [1.807, 2.05) is 0 Å². The van der Waals surface area contributed by atoms with Crippen LogP contribution in [0.5, 0.6) is 11.5 Å². The number of fused-ring (bicyclic) bond motifs is 4. The summed E-state index contributed by atoms with van der Waals surface area (Å²) in [7, 11) is 0. The molecule has 0 aliphatic carbocycles. The Bertz CT molecular complexity index is 861. The molecule has 0 spiro atoms. The molecule has 0 amide bonds. The molecule has 2 heterocycles. The highest BCUT2D eigenvalue weighted by molar-refractivity contribution is 7.98. The van der Waals surface area contributed by atoms with E-state index in [9.17, 15) is 13.6 Å². The first-order valence-electron chi connectivity index (χ1n) is 7.07. The number of rotatable bonds is 0. The van der Waals surface area contributed by atoms with Crippen LogP contribution in [0.4, 0.5) is 8.78 Å². The van der Waals surface area contributed by atoms with E-state index in [0.29, 0.717) is 22.0 Å². The molecule has 2 aromatic rings. The van der Waals surface area contributed by atoms with Crippen LogP contribution in [0.2, 0.25) is 0 Å². The fourth-order valence-electron chi connectivity index (χ4n) is 2.81. The van der Waals surface area contributed by atoms with Crippen molar-refractivity contribution in [2.24, 2.45) is 0 Å². The van der Waals surface area contributed by atoms with Crippen molar-refractivity contribution in [2.75, 3.05) is 0 Å². The topological polar surface area (TPSA) is 35.5 Å². The fraction of sp³-hybridized carbons (Fsp3) is 0.235. The lowest BCUT2D eigenvalue weighted by Gasteiger charge is -2.16. The Kier molecular flexibility index (Phi) is 2.97. The molecule has 0 aromatic heterocycles. The van der Waals surface area contributed by atoms with Crippen molar-refractivity contribution in [3.05, 3.63) is 52.6 Å².